The summed E-state index contributed by atoms with van der Waals surface area (Å²) in [4.78, 5) is 40.0. The van der Waals surface area contributed by atoms with E-state index in [1.165, 1.54) is 12.1 Å². The quantitative estimate of drug-likeness (QED) is 0.409. The highest BCUT2D eigenvalue weighted by molar-refractivity contribution is 6.11. The van der Waals surface area contributed by atoms with Crippen LogP contribution >= 0.6 is 0 Å². The number of carbonyl (C=O) groups is 1. The minimum Gasteiger partial charge on any atom is -0.372 e. The van der Waals surface area contributed by atoms with Gasteiger partial charge in [0, 0.05) is 11.1 Å². The molecule has 8 nitrogen and oxygen atoms in total. The van der Waals surface area contributed by atoms with Crippen LogP contribution in [0.1, 0.15) is 21.5 Å². The van der Waals surface area contributed by atoms with Gasteiger partial charge in [-0.3, -0.25) is 19.6 Å². The first-order chi connectivity index (χ1) is 9.89. The number of hydrogen-bond donors (Lipinski definition) is 5. The van der Waals surface area contributed by atoms with E-state index in [1.54, 1.807) is 12.1 Å². The van der Waals surface area contributed by atoms with E-state index >= 15 is 0 Å². The van der Waals surface area contributed by atoms with Crippen LogP contribution in [0.4, 0.5) is 5.82 Å². The van der Waals surface area contributed by atoms with Gasteiger partial charge in [-0.1, -0.05) is 24.3 Å². The third-order valence-corrected chi connectivity index (χ3v) is 4.02. The molecule has 0 unspecified atom stereocenters. The van der Waals surface area contributed by atoms with Crippen LogP contribution in [0.25, 0.3) is 0 Å². The van der Waals surface area contributed by atoms with Gasteiger partial charge in [0.2, 0.25) is 17.1 Å². The van der Waals surface area contributed by atoms with Gasteiger partial charge >= 0.3 is 5.69 Å². The summed E-state index contributed by atoms with van der Waals surface area (Å²) in [5, 5.41) is 24.1. The first-order valence-corrected chi connectivity index (χ1v) is 6.14. The van der Waals surface area contributed by atoms with Gasteiger partial charge in [0.1, 0.15) is 11.4 Å². The molecule has 0 radical (unpaired) electrons. The number of fused-ring (bicyclic) bond motifs is 5. The lowest BCUT2D eigenvalue weighted by atomic mass is 9.88. The maximum Gasteiger partial charge on any atom is 0.327 e. The molecule has 2 atom stereocenters. The SMILES string of the molecule is O=C1c2ccccc2[C@]2(O)Nc3[nH]c(=O)[nH]c(=O)c3[C@]12O. The average molecular weight is 287 g/mol. The molecule has 0 saturated carbocycles. The summed E-state index contributed by atoms with van der Waals surface area (Å²) < 4.78 is 0. The molecule has 0 fully saturated rings. The van der Waals surface area contributed by atoms with Crippen LogP contribution in [-0.2, 0) is 11.3 Å². The van der Waals surface area contributed by atoms with Crippen molar-refractivity contribution in [3.05, 3.63) is 61.8 Å². The fourth-order valence-corrected chi connectivity index (χ4v) is 3.11. The summed E-state index contributed by atoms with van der Waals surface area (Å²) in [6, 6.07) is 6.10. The van der Waals surface area contributed by atoms with Gasteiger partial charge in [0.25, 0.3) is 5.56 Å². The molecule has 1 aromatic carbocycles. The summed E-state index contributed by atoms with van der Waals surface area (Å²) in [5.74, 6) is -0.971. The van der Waals surface area contributed by atoms with Crippen LogP contribution < -0.4 is 16.6 Å². The summed E-state index contributed by atoms with van der Waals surface area (Å²) in [6.45, 7) is 0. The van der Waals surface area contributed by atoms with Crippen molar-refractivity contribution in [3.8, 4) is 0 Å². The van der Waals surface area contributed by atoms with E-state index in [9.17, 15) is 24.6 Å². The third-order valence-electron chi connectivity index (χ3n) is 4.02. The van der Waals surface area contributed by atoms with Crippen molar-refractivity contribution in [1.82, 2.24) is 9.97 Å². The minimum atomic E-state index is -2.48. The molecule has 1 aliphatic heterocycles. The first-order valence-electron chi connectivity index (χ1n) is 6.14. The number of rotatable bonds is 0. The molecule has 106 valence electrons. The van der Waals surface area contributed by atoms with Crippen molar-refractivity contribution in [2.24, 2.45) is 0 Å². The molecule has 21 heavy (non-hydrogen) atoms. The minimum absolute atomic E-state index is 0.117. The molecule has 0 saturated heterocycles. The Balaban J connectivity index is 2.13. The Morgan fingerprint density at radius 2 is 1.71 bits per heavy atom. The largest absolute Gasteiger partial charge is 0.372 e. The van der Waals surface area contributed by atoms with Crippen LogP contribution in [-0.4, -0.2) is 26.0 Å². The van der Waals surface area contributed by atoms with Gasteiger partial charge in [-0.05, 0) is 0 Å². The Hall–Kier alpha value is -2.71. The molecule has 1 aliphatic carbocycles. The maximum absolute atomic E-state index is 12.5. The van der Waals surface area contributed by atoms with Gasteiger partial charge in [-0.15, -0.1) is 0 Å². The number of ketones is 1. The second kappa shape index (κ2) is 3.30. The second-order valence-corrected chi connectivity index (χ2v) is 5.08. The third kappa shape index (κ3) is 1.11. The number of benzene rings is 1. The number of nitrogens with one attached hydrogen (secondary N) is 3. The Labute approximate surface area is 116 Å². The zero-order chi connectivity index (χ0) is 15.0. The summed E-state index contributed by atoms with van der Waals surface area (Å²) in [5.41, 5.74) is -6.55. The lowest BCUT2D eigenvalue weighted by Gasteiger charge is -2.29. The molecule has 1 aromatic heterocycles. The monoisotopic (exact) mass is 287 g/mol. The lowest BCUT2D eigenvalue weighted by Crippen LogP contribution is -2.51. The Bertz CT molecular complexity index is 930. The number of carbonyl (C=O) groups excluding carboxylic acids is 1. The van der Waals surface area contributed by atoms with Gasteiger partial charge in [-0.25, -0.2) is 4.79 Å². The zero-order valence-corrected chi connectivity index (χ0v) is 10.4. The smallest absolute Gasteiger partial charge is 0.327 e. The van der Waals surface area contributed by atoms with Gasteiger partial charge in [0.15, 0.2) is 0 Å². The molecule has 2 aliphatic rings. The normalized spacial score (nSPS) is 28.8. The highest BCUT2D eigenvalue weighted by Crippen LogP contribution is 2.54. The van der Waals surface area contributed by atoms with Crippen molar-refractivity contribution in [1.29, 1.82) is 0 Å². The number of hydrogen-bond acceptors (Lipinski definition) is 6. The van der Waals surface area contributed by atoms with Gasteiger partial charge in [-0.2, -0.15) is 0 Å². The second-order valence-electron chi connectivity index (χ2n) is 5.08. The van der Waals surface area contributed by atoms with Gasteiger partial charge < -0.3 is 15.5 Å². The fourth-order valence-electron chi connectivity index (χ4n) is 3.11. The standard InChI is InChI=1S/C13H9N3O5/c17-8-5-3-1-2-4-6(5)13(21)12(8,20)7-9(16-13)14-11(19)15-10(7)18/h1-4,20-21H,(H3,14,15,16,18,19)/t12-,13+/m0/s1. The Morgan fingerprint density at radius 1 is 1.00 bits per heavy atom. The number of aromatic amines is 2. The van der Waals surface area contributed by atoms with E-state index in [2.05, 4.69) is 10.3 Å². The molecule has 0 bridgehead atoms. The molecule has 5 N–H and O–H groups in total. The molecule has 4 rings (SSSR count). The van der Waals surface area contributed by atoms with Crippen LogP contribution in [0.2, 0.25) is 0 Å². The number of H-pyrrole nitrogens is 2. The molecule has 2 aromatic rings. The number of Topliss-reactive ketones (excluding diaryl/α,β-unsaturated/α-hetero) is 1. The topological polar surface area (TPSA) is 135 Å². The van der Waals surface area contributed by atoms with E-state index in [1.807, 2.05) is 4.98 Å². The van der Waals surface area contributed by atoms with Crippen LogP contribution in [0.5, 0.6) is 0 Å². The van der Waals surface area contributed by atoms with Crippen LogP contribution in [0, 0.1) is 0 Å². The molecule has 0 spiro atoms. The average Bonchev–Trinajstić information content (AvgIpc) is 2.75. The van der Waals surface area contributed by atoms with Crippen molar-refractivity contribution in [2.45, 2.75) is 11.3 Å². The fraction of sp³-hybridized carbons (Fsp3) is 0.154. The van der Waals surface area contributed by atoms with Crippen molar-refractivity contribution < 1.29 is 15.0 Å². The van der Waals surface area contributed by atoms with E-state index in [4.69, 9.17) is 0 Å². The van der Waals surface area contributed by atoms with Crippen LogP contribution in [0.15, 0.2) is 33.9 Å². The van der Waals surface area contributed by atoms with Crippen LogP contribution in [0.3, 0.4) is 0 Å². The number of aliphatic hydroxyl groups is 2. The van der Waals surface area contributed by atoms with Crippen molar-refractivity contribution in [3.63, 3.8) is 0 Å². The summed E-state index contributed by atoms with van der Waals surface area (Å²) >= 11 is 0. The van der Waals surface area contributed by atoms with Crippen molar-refractivity contribution in [2.75, 3.05) is 5.32 Å². The summed E-state index contributed by atoms with van der Waals surface area (Å²) in [6.07, 6.45) is 0. The predicted octanol–water partition coefficient (Wildman–Crippen LogP) is -1.28. The Morgan fingerprint density at radius 3 is 2.48 bits per heavy atom. The zero-order valence-electron chi connectivity index (χ0n) is 10.4. The molecule has 2 heterocycles. The number of anilines is 1. The molecular weight excluding hydrogens is 278 g/mol. The lowest BCUT2D eigenvalue weighted by molar-refractivity contribution is -0.101. The molecule has 0 amide bonds. The summed E-state index contributed by atoms with van der Waals surface area (Å²) in [7, 11) is 0. The molecule has 8 heteroatoms. The van der Waals surface area contributed by atoms with E-state index in [0.717, 1.165) is 0 Å². The van der Waals surface area contributed by atoms with Crippen molar-refractivity contribution >= 4 is 11.6 Å². The van der Waals surface area contributed by atoms with E-state index < -0.39 is 33.9 Å². The van der Waals surface area contributed by atoms with E-state index in [-0.39, 0.29) is 16.9 Å². The van der Waals surface area contributed by atoms with Gasteiger partial charge in [0.05, 0.1) is 0 Å². The number of aromatic nitrogens is 2. The van der Waals surface area contributed by atoms with E-state index in [0.29, 0.717) is 0 Å². The maximum atomic E-state index is 12.5. The first kappa shape index (κ1) is 12.1. The predicted molar refractivity (Wildman–Crippen MR) is 69.9 cm³/mol. The highest BCUT2D eigenvalue weighted by Gasteiger charge is 2.69. The highest BCUT2D eigenvalue weighted by atomic mass is 16.4. The molecular formula is C13H9N3O5. The Kier molecular flexibility index (Phi) is 1.90.